The second-order valence-electron chi connectivity index (χ2n) is 4.12. The second kappa shape index (κ2) is 7.25. The van der Waals surface area contributed by atoms with Crippen molar-refractivity contribution in [3.63, 3.8) is 0 Å². The highest BCUT2D eigenvalue weighted by atomic mass is 32.1. The summed E-state index contributed by atoms with van der Waals surface area (Å²) in [5, 5.41) is 15.1. The number of rotatable bonds is 7. The molecule has 0 amide bonds. The predicted octanol–water partition coefficient (Wildman–Crippen LogP) is 2.38. The fourth-order valence-electron chi connectivity index (χ4n) is 1.39. The second-order valence-corrected chi connectivity index (χ2v) is 4.96. The van der Waals surface area contributed by atoms with E-state index >= 15 is 0 Å². The van der Waals surface area contributed by atoms with Gasteiger partial charge in [0.2, 0.25) is 0 Å². The van der Waals surface area contributed by atoms with E-state index in [1.54, 1.807) is 11.3 Å². The lowest BCUT2D eigenvalue weighted by molar-refractivity contribution is 0.662. The molecular weight excluding hydrogens is 232 g/mol. The third-order valence-electron chi connectivity index (χ3n) is 2.62. The van der Waals surface area contributed by atoms with E-state index in [1.165, 1.54) is 0 Å². The van der Waals surface area contributed by atoms with Gasteiger partial charge in [-0.15, -0.1) is 11.3 Å². The van der Waals surface area contributed by atoms with Crippen molar-refractivity contribution in [2.45, 2.75) is 39.3 Å². The molecule has 0 saturated heterocycles. The van der Waals surface area contributed by atoms with Crippen molar-refractivity contribution in [3.8, 4) is 6.07 Å². The van der Waals surface area contributed by atoms with E-state index in [2.05, 4.69) is 33.6 Å². The number of thiazole rings is 1. The van der Waals surface area contributed by atoms with Crippen molar-refractivity contribution in [2.75, 3.05) is 18.5 Å². The van der Waals surface area contributed by atoms with Crippen LogP contribution >= 0.6 is 11.3 Å². The van der Waals surface area contributed by atoms with E-state index in [1.807, 2.05) is 14.0 Å². The summed E-state index contributed by atoms with van der Waals surface area (Å²) >= 11 is 1.64. The molecule has 1 atom stereocenters. The molecule has 0 saturated carbocycles. The first-order chi connectivity index (χ1) is 8.19. The molecule has 0 bridgehead atoms. The van der Waals surface area contributed by atoms with Crippen LogP contribution in [0.25, 0.3) is 0 Å². The molecule has 0 spiro atoms. The van der Waals surface area contributed by atoms with Gasteiger partial charge in [0.05, 0.1) is 18.2 Å². The first kappa shape index (κ1) is 13.9. The SMILES string of the molecule is CCCNCc1csc(N(C)C(C)CC#N)n1. The predicted molar refractivity (Wildman–Crippen MR) is 72.2 cm³/mol. The summed E-state index contributed by atoms with van der Waals surface area (Å²) in [7, 11) is 1.99. The van der Waals surface area contributed by atoms with Gasteiger partial charge in [-0.3, -0.25) is 0 Å². The first-order valence-corrected chi connectivity index (χ1v) is 6.81. The van der Waals surface area contributed by atoms with E-state index in [0.29, 0.717) is 6.42 Å². The average Bonchev–Trinajstić information content (AvgIpc) is 2.77. The summed E-state index contributed by atoms with van der Waals surface area (Å²) in [6.07, 6.45) is 1.66. The first-order valence-electron chi connectivity index (χ1n) is 5.94. The molecule has 1 heterocycles. The smallest absolute Gasteiger partial charge is 0.185 e. The van der Waals surface area contributed by atoms with Gasteiger partial charge in [0.25, 0.3) is 0 Å². The van der Waals surface area contributed by atoms with Gasteiger partial charge in [-0.1, -0.05) is 6.92 Å². The molecule has 5 heteroatoms. The van der Waals surface area contributed by atoms with E-state index in [-0.39, 0.29) is 6.04 Å². The fourth-order valence-corrected chi connectivity index (χ4v) is 2.28. The zero-order valence-electron chi connectivity index (χ0n) is 10.7. The lowest BCUT2D eigenvalue weighted by atomic mass is 10.2. The Kier molecular flexibility index (Phi) is 5.95. The lowest BCUT2D eigenvalue weighted by Crippen LogP contribution is -2.28. The third-order valence-corrected chi connectivity index (χ3v) is 3.60. The van der Waals surface area contributed by atoms with Gasteiger partial charge in [0.15, 0.2) is 5.13 Å². The van der Waals surface area contributed by atoms with Crippen molar-refractivity contribution in [3.05, 3.63) is 11.1 Å². The van der Waals surface area contributed by atoms with Crippen LogP contribution in [-0.2, 0) is 6.54 Å². The van der Waals surface area contributed by atoms with Crippen LogP contribution in [0.2, 0.25) is 0 Å². The Morgan fingerprint density at radius 2 is 2.41 bits per heavy atom. The molecule has 0 aromatic carbocycles. The maximum Gasteiger partial charge on any atom is 0.185 e. The Labute approximate surface area is 107 Å². The van der Waals surface area contributed by atoms with Crippen molar-refractivity contribution in [1.29, 1.82) is 5.26 Å². The molecular formula is C12H20N4S. The van der Waals surface area contributed by atoms with Gasteiger partial charge >= 0.3 is 0 Å². The van der Waals surface area contributed by atoms with Crippen LogP contribution in [0.4, 0.5) is 5.13 Å². The Bertz CT molecular complexity index is 369. The number of nitrogens with one attached hydrogen (secondary N) is 1. The Balaban J connectivity index is 2.52. The van der Waals surface area contributed by atoms with E-state index in [4.69, 9.17) is 5.26 Å². The number of nitrogens with zero attached hydrogens (tertiary/aromatic N) is 3. The molecule has 0 aliphatic heterocycles. The van der Waals surface area contributed by atoms with Gasteiger partial charge in [0.1, 0.15) is 0 Å². The van der Waals surface area contributed by atoms with E-state index in [0.717, 1.165) is 30.3 Å². The Hall–Kier alpha value is -1.12. The molecule has 0 aliphatic carbocycles. The number of hydrogen-bond acceptors (Lipinski definition) is 5. The van der Waals surface area contributed by atoms with Crippen molar-refractivity contribution < 1.29 is 0 Å². The number of nitriles is 1. The lowest BCUT2D eigenvalue weighted by Gasteiger charge is -2.21. The molecule has 0 aliphatic rings. The highest BCUT2D eigenvalue weighted by Crippen LogP contribution is 2.21. The van der Waals surface area contributed by atoms with Crippen LogP contribution in [0.15, 0.2) is 5.38 Å². The standard InChI is InChI=1S/C12H20N4S/c1-4-7-14-8-11-9-17-12(15-11)16(3)10(2)5-6-13/h9-10,14H,4-5,7-8H2,1-3H3. The third kappa shape index (κ3) is 4.33. The summed E-state index contributed by atoms with van der Waals surface area (Å²) in [6, 6.07) is 2.40. The van der Waals surface area contributed by atoms with Gasteiger partial charge in [0, 0.05) is 25.0 Å². The fraction of sp³-hybridized carbons (Fsp3) is 0.667. The van der Waals surface area contributed by atoms with Crippen LogP contribution in [0, 0.1) is 11.3 Å². The minimum absolute atomic E-state index is 0.211. The zero-order valence-corrected chi connectivity index (χ0v) is 11.5. The molecule has 4 nitrogen and oxygen atoms in total. The quantitative estimate of drug-likeness (QED) is 0.757. The van der Waals surface area contributed by atoms with Crippen molar-refractivity contribution in [1.82, 2.24) is 10.3 Å². The molecule has 1 rings (SSSR count). The number of aromatic nitrogens is 1. The molecule has 0 fully saturated rings. The van der Waals surface area contributed by atoms with Gasteiger partial charge in [-0.2, -0.15) is 5.26 Å². The monoisotopic (exact) mass is 252 g/mol. The van der Waals surface area contributed by atoms with Gasteiger partial charge in [-0.25, -0.2) is 4.98 Å². The largest absolute Gasteiger partial charge is 0.347 e. The number of anilines is 1. The normalized spacial score (nSPS) is 12.1. The maximum absolute atomic E-state index is 8.68. The van der Waals surface area contributed by atoms with E-state index in [9.17, 15) is 0 Å². The summed E-state index contributed by atoms with van der Waals surface area (Å²) in [5.41, 5.74) is 1.08. The zero-order chi connectivity index (χ0) is 12.7. The van der Waals surface area contributed by atoms with Crippen molar-refractivity contribution >= 4 is 16.5 Å². The molecule has 1 aromatic rings. The minimum Gasteiger partial charge on any atom is -0.347 e. The molecule has 1 N–H and O–H groups in total. The average molecular weight is 252 g/mol. The Morgan fingerprint density at radius 1 is 1.65 bits per heavy atom. The number of hydrogen-bond donors (Lipinski definition) is 1. The van der Waals surface area contributed by atoms with Crippen LogP contribution < -0.4 is 10.2 Å². The molecule has 1 aromatic heterocycles. The highest BCUT2D eigenvalue weighted by molar-refractivity contribution is 7.13. The summed E-state index contributed by atoms with van der Waals surface area (Å²) in [6.45, 7) is 6.04. The molecule has 0 radical (unpaired) electrons. The van der Waals surface area contributed by atoms with Gasteiger partial charge in [-0.05, 0) is 19.9 Å². The minimum atomic E-state index is 0.211. The van der Waals surface area contributed by atoms with E-state index < -0.39 is 0 Å². The Morgan fingerprint density at radius 3 is 3.06 bits per heavy atom. The van der Waals surface area contributed by atoms with Crippen molar-refractivity contribution in [2.24, 2.45) is 0 Å². The molecule has 94 valence electrons. The topological polar surface area (TPSA) is 52.0 Å². The van der Waals surface area contributed by atoms with Crippen LogP contribution in [0.3, 0.4) is 0 Å². The maximum atomic E-state index is 8.68. The summed E-state index contributed by atoms with van der Waals surface area (Å²) in [5.74, 6) is 0. The van der Waals surface area contributed by atoms with Gasteiger partial charge < -0.3 is 10.2 Å². The van der Waals surface area contributed by atoms with Crippen LogP contribution in [-0.4, -0.2) is 24.6 Å². The molecule has 17 heavy (non-hydrogen) atoms. The molecule has 1 unspecified atom stereocenters. The van der Waals surface area contributed by atoms with Crippen LogP contribution in [0.1, 0.15) is 32.4 Å². The highest BCUT2D eigenvalue weighted by Gasteiger charge is 2.12. The summed E-state index contributed by atoms with van der Waals surface area (Å²) < 4.78 is 0. The van der Waals surface area contributed by atoms with Crippen LogP contribution in [0.5, 0.6) is 0 Å². The summed E-state index contributed by atoms with van der Waals surface area (Å²) in [4.78, 5) is 6.62.